The fourth-order valence-electron chi connectivity index (χ4n) is 5.30. The molecule has 2 fully saturated rings. The first-order chi connectivity index (χ1) is 14.6. The van der Waals surface area contributed by atoms with E-state index in [1.807, 2.05) is 35.7 Å². The molecule has 1 saturated heterocycles. The molecular weight excluding hydrogens is 396 g/mol. The number of nitrogens with one attached hydrogen (secondary N) is 1. The number of ketones is 1. The van der Waals surface area contributed by atoms with Crippen molar-refractivity contribution in [2.75, 3.05) is 6.54 Å². The van der Waals surface area contributed by atoms with Crippen LogP contribution < -0.4 is 5.32 Å². The smallest absolute Gasteiger partial charge is 0.319 e. The number of imide groups is 1. The van der Waals surface area contributed by atoms with Crippen LogP contribution in [-0.2, 0) is 16.8 Å². The standard InChI is InChI=1S/C24H26N2O3S/c27-20(18-10-8-17(9-11-18)16-5-2-1-3-6-16)15-26-22(28)24(25-23(26)29)13-4-7-21-19(24)12-14-30-21/h8-12,14,16H,1-7,13,15H2,(H,25,29)/t24-/m0/s1. The molecule has 1 atom stereocenters. The van der Waals surface area contributed by atoms with E-state index in [0.717, 1.165) is 28.2 Å². The number of carbonyl (C=O) groups is 3. The summed E-state index contributed by atoms with van der Waals surface area (Å²) in [5, 5.41) is 4.88. The van der Waals surface area contributed by atoms with Crippen LogP contribution in [0.2, 0.25) is 0 Å². The summed E-state index contributed by atoms with van der Waals surface area (Å²) in [5.74, 6) is 0.0888. The number of benzene rings is 1. The summed E-state index contributed by atoms with van der Waals surface area (Å²) in [6, 6.07) is 9.24. The summed E-state index contributed by atoms with van der Waals surface area (Å²) in [4.78, 5) is 41.1. The molecular formula is C24H26N2O3S. The Hall–Kier alpha value is -2.47. The number of amides is 3. The molecule has 1 aromatic heterocycles. The Bertz CT molecular complexity index is 990. The third-order valence-corrected chi connectivity index (χ3v) is 7.93. The molecule has 1 N–H and O–H groups in total. The molecule has 3 amide bonds. The van der Waals surface area contributed by atoms with Crippen LogP contribution in [0.25, 0.3) is 0 Å². The molecule has 0 radical (unpaired) electrons. The topological polar surface area (TPSA) is 66.5 Å². The van der Waals surface area contributed by atoms with Crippen molar-refractivity contribution in [3.05, 3.63) is 57.3 Å². The van der Waals surface area contributed by atoms with Crippen molar-refractivity contribution < 1.29 is 14.4 Å². The Morgan fingerprint density at radius 2 is 1.83 bits per heavy atom. The molecule has 1 saturated carbocycles. The summed E-state index contributed by atoms with van der Waals surface area (Å²) in [7, 11) is 0. The Kier molecular flexibility index (Phi) is 4.97. The number of Topliss-reactive ketones (excluding diaryl/α,β-unsaturated/α-hetero) is 1. The Balaban J connectivity index is 1.32. The highest BCUT2D eigenvalue weighted by Crippen LogP contribution is 2.42. The number of nitrogens with zero attached hydrogens (tertiary/aromatic N) is 1. The Labute approximate surface area is 180 Å². The largest absolute Gasteiger partial charge is 0.325 e. The lowest BCUT2D eigenvalue weighted by Crippen LogP contribution is -2.46. The minimum Gasteiger partial charge on any atom is -0.319 e. The van der Waals surface area contributed by atoms with E-state index in [-0.39, 0.29) is 18.2 Å². The molecule has 5 nitrogen and oxygen atoms in total. The van der Waals surface area contributed by atoms with Crippen LogP contribution in [0, 0.1) is 0 Å². The predicted octanol–water partition coefficient (Wildman–Crippen LogP) is 4.76. The van der Waals surface area contributed by atoms with E-state index in [1.165, 1.54) is 37.7 Å². The fraction of sp³-hybridized carbons (Fsp3) is 0.458. The summed E-state index contributed by atoms with van der Waals surface area (Å²) in [5.41, 5.74) is 1.75. The number of thiophene rings is 1. The van der Waals surface area contributed by atoms with Gasteiger partial charge < -0.3 is 5.32 Å². The first-order valence-electron chi connectivity index (χ1n) is 10.9. The van der Waals surface area contributed by atoms with Crippen molar-refractivity contribution >= 4 is 29.1 Å². The summed E-state index contributed by atoms with van der Waals surface area (Å²) in [6.07, 6.45) is 8.64. The summed E-state index contributed by atoms with van der Waals surface area (Å²) < 4.78 is 0. The molecule has 2 aliphatic carbocycles. The fourth-order valence-corrected chi connectivity index (χ4v) is 6.30. The van der Waals surface area contributed by atoms with Crippen molar-refractivity contribution in [3.8, 4) is 0 Å². The van der Waals surface area contributed by atoms with Crippen LogP contribution in [0.1, 0.15) is 77.2 Å². The molecule has 1 spiro atoms. The maximum atomic E-state index is 13.3. The normalized spacial score (nSPS) is 24.2. The van der Waals surface area contributed by atoms with Gasteiger partial charge in [0.05, 0.1) is 6.54 Å². The maximum Gasteiger partial charge on any atom is 0.325 e. The third kappa shape index (κ3) is 3.18. The monoisotopic (exact) mass is 422 g/mol. The van der Waals surface area contributed by atoms with Gasteiger partial charge in [0.2, 0.25) is 0 Å². The van der Waals surface area contributed by atoms with Crippen LogP contribution in [0.5, 0.6) is 0 Å². The van der Waals surface area contributed by atoms with Crippen LogP contribution in [0.15, 0.2) is 35.7 Å². The number of hydrogen-bond donors (Lipinski definition) is 1. The number of rotatable bonds is 4. The van der Waals surface area contributed by atoms with Crippen molar-refractivity contribution in [2.45, 2.75) is 62.8 Å². The molecule has 30 heavy (non-hydrogen) atoms. The predicted molar refractivity (Wildman–Crippen MR) is 116 cm³/mol. The Morgan fingerprint density at radius 1 is 1.07 bits per heavy atom. The summed E-state index contributed by atoms with van der Waals surface area (Å²) in [6.45, 7) is -0.214. The minimum absolute atomic E-state index is 0.202. The molecule has 2 aromatic rings. The van der Waals surface area contributed by atoms with Gasteiger partial charge in [-0.25, -0.2) is 4.79 Å². The van der Waals surface area contributed by atoms with Gasteiger partial charge in [0, 0.05) is 16.0 Å². The number of fused-ring (bicyclic) bond motifs is 2. The number of hydrogen-bond acceptors (Lipinski definition) is 4. The molecule has 3 aliphatic rings. The van der Waals surface area contributed by atoms with E-state index in [2.05, 4.69) is 5.32 Å². The van der Waals surface area contributed by atoms with Crippen LogP contribution >= 0.6 is 11.3 Å². The van der Waals surface area contributed by atoms with E-state index in [0.29, 0.717) is 17.9 Å². The highest BCUT2D eigenvalue weighted by Gasteiger charge is 2.54. The average Bonchev–Trinajstić information content (AvgIpc) is 3.35. The van der Waals surface area contributed by atoms with Gasteiger partial charge in [-0.3, -0.25) is 14.5 Å². The van der Waals surface area contributed by atoms with Gasteiger partial charge in [0.15, 0.2) is 5.78 Å². The highest BCUT2D eigenvalue weighted by molar-refractivity contribution is 7.10. The van der Waals surface area contributed by atoms with E-state index in [9.17, 15) is 14.4 Å². The van der Waals surface area contributed by atoms with E-state index >= 15 is 0 Å². The number of urea groups is 1. The van der Waals surface area contributed by atoms with Crippen LogP contribution in [-0.4, -0.2) is 29.2 Å². The van der Waals surface area contributed by atoms with Gasteiger partial charge in [0.1, 0.15) is 5.54 Å². The molecule has 0 bridgehead atoms. The number of aryl methyl sites for hydroxylation is 1. The summed E-state index contributed by atoms with van der Waals surface area (Å²) >= 11 is 1.63. The van der Waals surface area contributed by atoms with Gasteiger partial charge in [-0.2, -0.15) is 0 Å². The zero-order valence-corrected chi connectivity index (χ0v) is 17.8. The molecule has 1 aliphatic heterocycles. The van der Waals surface area contributed by atoms with Crippen LogP contribution in [0.3, 0.4) is 0 Å². The van der Waals surface area contributed by atoms with Gasteiger partial charge in [-0.05, 0) is 55.0 Å². The second-order valence-electron chi connectivity index (χ2n) is 8.72. The lowest BCUT2D eigenvalue weighted by molar-refractivity contribution is -0.131. The Morgan fingerprint density at radius 3 is 2.60 bits per heavy atom. The van der Waals surface area contributed by atoms with Gasteiger partial charge >= 0.3 is 6.03 Å². The van der Waals surface area contributed by atoms with Crippen molar-refractivity contribution in [1.82, 2.24) is 10.2 Å². The molecule has 1 aromatic carbocycles. The first kappa shape index (κ1) is 19.5. The van der Waals surface area contributed by atoms with Crippen molar-refractivity contribution in [2.24, 2.45) is 0 Å². The minimum atomic E-state index is -0.990. The van der Waals surface area contributed by atoms with E-state index in [4.69, 9.17) is 0 Å². The second kappa shape index (κ2) is 7.65. The SMILES string of the molecule is O=C(CN1C(=O)N[C@]2(CCCc3sccc32)C1=O)c1ccc(C2CCCCC2)cc1. The third-order valence-electron chi connectivity index (χ3n) is 6.95. The maximum absolute atomic E-state index is 13.3. The molecule has 156 valence electrons. The van der Waals surface area contributed by atoms with Gasteiger partial charge in [-0.1, -0.05) is 43.5 Å². The molecule has 5 rings (SSSR count). The lowest BCUT2D eigenvalue weighted by Gasteiger charge is -2.31. The molecule has 2 heterocycles. The zero-order valence-electron chi connectivity index (χ0n) is 17.0. The zero-order chi connectivity index (χ0) is 20.7. The average molecular weight is 423 g/mol. The second-order valence-corrected chi connectivity index (χ2v) is 9.72. The lowest BCUT2D eigenvalue weighted by atomic mass is 9.80. The highest BCUT2D eigenvalue weighted by atomic mass is 32.1. The quantitative estimate of drug-likeness (QED) is 0.570. The van der Waals surface area contributed by atoms with Crippen LogP contribution in [0.4, 0.5) is 4.79 Å². The van der Waals surface area contributed by atoms with E-state index in [1.54, 1.807) is 11.3 Å². The van der Waals surface area contributed by atoms with E-state index < -0.39 is 11.6 Å². The van der Waals surface area contributed by atoms with Crippen molar-refractivity contribution in [3.63, 3.8) is 0 Å². The van der Waals surface area contributed by atoms with Gasteiger partial charge in [-0.15, -0.1) is 11.3 Å². The van der Waals surface area contributed by atoms with Crippen molar-refractivity contribution in [1.29, 1.82) is 0 Å². The van der Waals surface area contributed by atoms with Gasteiger partial charge in [0.25, 0.3) is 5.91 Å². The number of carbonyl (C=O) groups excluding carboxylic acids is 3. The molecule has 0 unspecified atom stereocenters. The molecule has 6 heteroatoms. The first-order valence-corrected chi connectivity index (χ1v) is 11.8.